The monoisotopic (exact) mass is 381 g/mol. The lowest BCUT2D eigenvalue weighted by Crippen LogP contribution is -2.12. The van der Waals surface area contributed by atoms with Crippen LogP contribution < -0.4 is 5.43 Å². The van der Waals surface area contributed by atoms with Crippen LogP contribution in [-0.2, 0) is 0 Å². The summed E-state index contributed by atoms with van der Waals surface area (Å²) in [6, 6.07) is 0. The van der Waals surface area contributed by atoms with Crippen molar-refractivity contribution in [2.24, 2.45) is 5.10 Å². The summed E-state index contributed by atoms with van der Waals surface area (Å²) in [5, 5.41) is 12.6. The van der Waals surface area contributed by atoms with Gasteiger partial charge in [0, 0.05) is 11.3 Å². The summed E-state index contributed by atoms with van der Waals surface area (Å²) < 4.78 is 1.88. The maximum Gasteiger partial charge on any atom is 0.0963 e. The van der Waals surface area contributed by atoms with Crippen molar-refractivity contribution in [3.63, 3.8) is 0 Å². The Morgan fingerprint density at radius 1 is 1.22 bits per heavy atom. The van der Waals surface area contributed by atoms with Gasteiger partial charge in [0.05, 0.1) is 10.8 Å². The molecule has 0 bridgehead atoms. The van der Waals surface area contributed by atoms with Crippen molar-refractivity contribution in [2.45, 2.75) is 41.5 Å². The minimum absolute atomic E-state index is 0.535. The highest BCUT2D eigenvalue weighted by Crippen LogP contribution is 2.12. The number of halogens is 1. The van der Waals surface area contributed by atoms with Crippen molar-refractivity contribution in [2.75, 3.05) is 6.26 Å². The van der Waals surface area contributed by atoms with E-state index in [0.717, 1.165) is 17.0 Å². The van der Waals surface area contributed by atoms with Gasteiger partial charge in [-0.1, -0.05) is 42.0 Å². The quantitative estimate of drug-likeness (QED) is 0.313. The third-order valence-electron chi connectivity index (χ3n) is 2.09. The van der Waals surface area contributed by atoms with E-state index in [1.165, 1.54) is 17.3 Å². The van der Waals surface area contributed by atoms with E-state index in [2.05, 4.69) is 33.1 Å². The maximum absolute atomic E-state index is 7.76. The zero-order chi connectivity index (χ0) is 14.7. The van der Waals surface area contributed by atoms with Gasteiger partial charge in [-0.15, -0.1) is 11.8 Å². The molecule has 0 aliphatic heterocycles. The molecule has 0 spiro atoms. The third-order valence-corrected chi connectivity index (χ3v) is 3.34. The van der Waals surface area contributed by atoms with Crippen LogP contribution in [0.15, 0.2) is 26.0 Å². The second-order valence-electron chi connectivity index (χ2n) is 3.49. The van der Waals surface area contributed by atoms with E-state index in [1.807, 2.05) is 51.9 Å². The molecule has 0 rings (SSSR count). The molecule has 0 aliphatic rings. The highest BCUT2D eigenvalue weighted by Gasteiger charge is 2.07. The number of thioether (sulfide) groups is 1. The van der Waals surface area contributed by atoms with Crippen LogP contribution in [0, 0.1) is 5.41 Å². The topological polar surface area (TPSA) is 48.2 Å². The van der Waals surface area contributed by atoms with Crippen LogP contribution in [0.4, 0.5) is 0 Å². The summed E-state index contributed by atoms with van der Waals surface area (Å²) in [7, 11) is 0. The fourth-order valence-electron chi connectivity index (χ4n) is 0.742. The summed E-state index contributed by atoms with van der Waals surface area (Å²) in [5.41, 5.74) is 6.93. The molecule has 0 saturated heterocycles. The molecule has 0 heterocycles. The normalized spacial score (nSPS) is 11.3. The minimum Gasteiger partial charge on any atom is -0.293 e. The van der Waals surface area contributed by atoms with Crippen LogP contribution in [0.2, 0.25) is 0 Å². The molecule has 0 unspecified atom stereocenters. The summed E-state index contributed by atoms with van der Waals surface area (Å²) in [5.74, 6) is 0. The van der Waals surface area contributed by atoms with Gasteiger partial charge in [0.1, 0.15) is 0 Å². The highest BCUT2D eigenvalue weighted by molar-refractivity contribution is 14.1. The molecule has 0 atom stereocenters. The number of hydrogen-bond donors (Lipinski definition) is 2. The second-order valence-corrected chi connectivity index (χ2v) is 4.93. The molecule has 0 aromatic heterocycles. The van der Waals surface area contributed by atoms with Gasteiger partial charge in [0.15, 0.2) is 0 Å². The Bertz CT molecular complexity index is 353. The number of allylic oxidation sites excluding steroid dienone is 2. The Morgan fingerprint density at radius 3 is 2.06 bits per heavy atom. The molecule has 0 aromatic rings. The first-order valence-corrected chi connectivity index (χ1v) is 8.29. The summed E-state index contributed by atoms with van der Waals surface area (Å²) in [4.78, 5) is 0. The van der Waals surface area contributed by atoms with Crippen molar-refractivity contribution in [3.8, 4) is 0 Å². The Kier molecular flexibility index (Phi) is 13.1. The van der Waals surface area contributed by atoms with E-state index in [4.69, 9.17) is 5.41 Å². The third kappa shape index (κ3) is 7.92. The largest absolute Gasteiger partial charge is 0.293 e. The van der Waals surface area contributed by atoms with Crippen molar-refractivity contribution in [1.82, 2.24) is 5.43 Å². The van der Waals surface area contributed by atoms with Gasteiger partial charge in [0.25, 0.3) is 0 Å². The van der Waals surface area contributed by atoms with Gasteiger partial charge in [-0.2, -0.15) is 5.10 Å². The SMILES string of the molecule is CC.CSC(=N)C(=C\I)/C(C)=N/NC(C)=C(C)C. The summed E-state index contributed by atoms with van der Waals surface area (Å²) in [6.07, 6.45) is 1.89. The van der Waals surface area contributed by atoms with E-state index in [9.17, 15) is 0 Å². The lowest BCUT2D eigenvalue weighted by atomic mass is 10.2. The van der Waals surface area contributed by atoms with Crippen molar-refractivity contribution in [3.05, 3.63) is 20.9 Å². The first kappa shape index (κ1) is 20.0. The van der Waals surface area contributed by atoms with Gasteiger partial charge in [0.2, 0.25) is 0 Å². The fraction of sp³-hybridized carbons (Fsp3) is 0.538. The zero-order valence-corrected chi connectivity index (χ0v) is 15.3. The van der Waals surface area contributed by atoms with Crippen LogP contribution in [0.1, 0.15) is 41.5 Å². The van der Waals surface area contributed by atoms with E-state index >= 15 is 0 Å². The molecular formula is C13H24IN3S. The van der Waals surface area contributed by atoms with E-state index in [-0.39, 0.29) is 0 Å². The predicted molar refractivity (Wildman–Crippen MR) is 95.0 cm³/mol. The first-order chi connectivity index (χ1) is 8.43. The molecule has 2 N–H and O–H groups in total. The summed E-state index contributed by atoms with van der Waals surface area (Å²) >= 11 is 3.55. The molecule has 0 aromatic carbocycles. The fourth-order valence-corrected chi connectivity index (χ4v) is 2.14. The number of nitrogens with one attached hydrogen (secondary N) is 2. The standard InChI is InChI=1S/C11H18IN3S.C2H6/c1-7(2)8(3)14-15-9(4)10(6-12)11(13)16-5;1-2/h6,13-14H,1-5H3;1-2H3/b10-6-,13-11?,15-9+;. The van der Waals surface area contributed by atoms with Crippen molar-refractivity contribution < 1.29 is 0 Å². The molecular weight excluding hydrogens is 357 g/mol. The first-order valence-electron chi connectivity index (χ1n) is 5.82. The lowest BCUT2D eigenvalue weighted by molar-refractivity contribution is 0.866. The molecule has 0 radical (unpaired) electrons. The number of nitrogens with zero attached hydrogens (tertiary/aromatic N) is 1. The predicted octanol–water partition coefficient (Wildman–Crippen LogP) is 4.95. The molecule has 0 aliphatic carbocycles. The van der Waals surface area contributed by atoms with Crippen LogP contribution in [-0.4, -0.2) is 17.0 Å². The van der Waals surface area contributed by atoms with Crippen molar-refractivity contribution in [1.29, 1.82) is 5.41 Å². The molecule has 5 heteroatoms. The van der Waals surface area contributed by atoms with Crippen molar-refractivity contribution >= 4 is 45.1 Å². The van der Waals surface area contributed by atoms with E-state index in [0.29, 0.717) is 5.04 Å². The number of hydrazone groups is 1. The van der Waals surface area contributed by atoms with Gasteiger partial charge < -0.3 is 0 Å². The molecule has 104 valence electrons. The Hall–Kier alpha value is -0.300. The van der Waals surface area contributed by atoms with Gasteiger partial charge in [-0.25, -0.2) is 0 Å². The average Bonchev–Trinajstić information content (AvgIpc) is 2.38. The average molecular weight is 381 g/mol. The maximum atomic E-state index is 7.76. The zero-order valence-electron chi connectivity index (χ0n) is 12.3. The Labute approximate surface area is 129 Å². The smallest absolute Gasteiger partial charge is 0.0963 e. The second kappa shape index (κ2) is 11.8. The molecule has 18 heavy (non-hydrogen) atoms. The Balaban J connectivity index is 0. The summed E-state index contributed by atoms with van der Waals surface area (Å²) in [6.45, 7) is 12.0. The van der Waals surface area contributed by atoms with Gasteiger partial charge in [-0.3, -0.25) is 10.8 Å². The van der Waals surface area contributed by atoms with Gasteiger partial charge >= 0.3 is 0 Å². The van der Waals surface area contributed by atoms with Crippen LogP contribution in [0.5, 0.6) is 0 Å². The number of rotatable bonds is 4. The molecule has 0 fully saturated rings. The Morgan fingerprint density at radius 2 is 1.72 bits per heavy atom. The number of hydrogen-bond acceptors (Lipinski definition) is 4. The minimum atomic E-state index is 0.535. The van der Waals surface area contributed by atoms with Crippen LogP contribution in [0.3, 0.4) is 0 Å². The molecule has 0 saturated carbocycles. The highest BCUT2D eigenvalue weighted by atomic mass is 127. The van der Waals surface area contributed by atoms with Crippen LogP contribution >= 0.6 is 34.4 Å². The van der Waals surface area contributed by atoms with E-state index < -0.39 is 0 Å². The van der Waals surface area contributed by atoms with E-state index in [1.54, 1.807) is 0 Å². The lowest BCUT2D eigenvalue weighted by Gasteiger charge is -2.07. The molecule has 3 nitrogen and oxygen atoms in total. The van der Waals surface area contributed by atoms with Crippen LogP contribution in [0.25, 0.3) is 0 Å². The molecule has 0 amide bonds. The van der Waals surface area contributed by atoms with Gasteiger partial charge in [-0.05, 0) is 38.0 Å².